The molecule has 0 amide bonds. The van der Waals surface area contributed by atoms with Crippen molar-refractivity contribution < 1.29 is 8.78 Å². The molecule has 0 saturated carbocycles. The van der Waals surface area contributed by atoms with Gasteiger partial charge in [-0.3, -0.25) is 14.3 Å². The molecular formula is C19H21F2N5O. The van der Waals surface area contributed by atoms with Crippen LogP contribution in [0, 0.1) is 0 Å². The van der Waals surface area contributed by atoms with Gasteiger partial charge >= 0.3 is 0 Å². The van der Waals surface area contributed by atoms with Crippen LogP contribution in [0.25, 0.3) is 10.9 Å². The van der Waals surface area contributed by atoms with Crippen molar-refractivity contribution in [2.45, 2.75) is 38.4 Å². The number of nitrogens with zero attached hydrogens (tertiary/aromatic N) is 5. The topological polar surface area (TPSA) is 56.0 Å². The lowest BCUT2D eigenvalue weighted by Gasteiger charge is -2.26. The molecule has 0 N–H and O–H groups in total. The smallest absolute Gasteiger partial charge is 0.261 e. The van der Waals surface area contributed by atoms with Crippen molar-refractivity contribution in [1.29, 1.82) is 0 Å². The fraction of sp³-hybridized carbons (Fsp3) is 0.421. The molecule has 1 atom stereocenters. The highest BCUT2D eigenvalue weighted by Crippen LogP contribution is 2.31. The molecule has 0 radical (unpaired) electrons. The molecule has 0 spiro atoms. The number of halogens is 2. The van der Waals surface area contributed by atoms with E-state index in [-0.39, 0.29) is 6.04 Å². The molecule has 0 bridgehead atoms. The standard InChI is InChI=1S/C19H21F2N5O/c20-17(21)12-26-18(23-15-5-2-1-4-14(15)19(26)27)16-6-3-8-25(16)11-10-24-9-7-22-13-24/h1-2,4-5,7,9,13,16-17H,3,6,8,10-12H2. The van der Waals surface area contributed by atoms with E-state index in [9.17, 15) is 13.6 Å². The molecule has 1 aromatic carbocycles. The molecular weight excluding hydrogens is 352 g/mol. The fourth-order valence-electron chi connectivity index (χ4n) is 3.80. The number of likely N-dealkylation sites (tertiary alicyclic amines) is 1. The number of rotatable bonds is 6. The summed E-state index contributed by atoms with van der Waals surface area (Å²) in [6.07, 6.45) is 4.53. The molecule has 1 unspecified atom stereocenters. The molecule has 2 aromatic heterocycles. The third-order valence-corrected chi connectivity index (χ3v) is 5.08. The van der Waals surface area contributed by atoms with Gasteiger partial charge in [-0.1, -0.05) is 12.1 Å². The zero-order valence-corrected chi connectivity index (χ0v) is 14.8. The summed E-state index contributed by atoms with van der Waals surface area (Å²) < 4.78 is 29.5. The number of benzene rings is 1. The van der Waals surface area contributed by atoms with E-state index in [1.165, 1.54) is 4.57 Å². The maximum absolute atomic E-state index is 13.2. The van der Waals surface area contributed by atoms with Crippen molar-refractivity contribution in [2.24, 2.45) is 0 Å². The summed E-state index contributed by atoms with van der Waals surface area (Å²) in [4.78, 5) is 23.7. The number of imidazole rings is 1. The minimum atomic E-state index is -2.61. The summed E-state index contributed by atoms with van der Waals surface area (Å²) in [5, 5.41) is 0.380. The van der Waals surface area contributed by atoms with E-state index < -0.39 is 18.5 Å². The van der Waals surface area contributed by atoms with Gasteiger partial charge in [-0.15, -0.1) is 0 Å². The first-order valence-electron chi connectivity index (χ1n) is 9.11. The zero-order chi connectivity index (χ0) is 18.8. The van der Waals surface area contributed by atoms with Crippen molar-refractivity contribution in [3.8, 4) is 0 Å². The molecule has 27 heavy (non-hydrogen) atoms. The predicted octanol–water partition coefficient (Wildman–Crippen LogP) is 2.70. The van der Waals surface area contributed by atoms with E-state index in [1.807, 2.05) is 16.8 Å². The first-order valence-corrected chi connectivity index (χ1v) is 9.11. The highest BCUT2D eigenvalue weighted by atomic mass is 19.3. The van der Waals surface area contributed by atoms with Gasteiger partial charge in [0.15, 0.2) is 0 Å². The maximum Gasteiger partial charge on any atom is 0.261 e. The molecule has 3 aromatic rings. The van der Waals surface area contributed by atoms with Crippen molar-refractivity contribution in [1.82, 2.24) is 24.0 Å². The first kappa shape index (κ1) is 17.8. The van der Waals surface area contributed by atoms with Gasteiger partial charge in [0, 0.05) is 25.5 Å². The lowest BCUT2D eigenvalue weighted by atomic mass is 10.1. The van der Waals surface area contributed by atoms with Crippen LogP contribution in [0.3, 0.4) is 0 Å². The molecule has 3 heterocycles. The molecule has 1 aliphatic rings. The second-order valence-electron chi connectivity index (χ2n) is 6.79. The third kappa shape index (κ3) is 3.62. The van der Waals surface area contributed by atoms with E-state index >= 15 is 0 Å². The Labute approximate surface area is 155 Å². The van der Waals surface area contributed by atoms with Gasteiger partial charge in [0.1, 0.15) is 5.82 Å². The fourth-order valence-corrected chi connectivity index (χ4v) is 3.80. The number of para-hydroxylation sites is 1. The maximum atomic E-state index is 13.2. The van der Waals surface area contributed by atoms with Gasteiger partial charge in [0.2, 0.25) is 0 Å². The highest BCUT2D eigenvalue weighted by molar-refractivity contribution is 5.77. The van der Waals surface area contributed by atoms with Gasteiger partial charge in [-0.05, 0) is 31.5 Å². The molecule has 6 nitrogen and oxygen atoms in total. The summed E-state index contributed by atoms with van der Waals surface area (Å²) in [5.41, 5.74) is 0.168. The Morgan fingerprint density at radius 3 is 2.85 bits per heavy atom. The van der Waals surface area contributed by atoms with Crippen molar-refractivity contribution >= 4 is 10.9 Å². The zero-order valence-electron chi connectivity index (χ0n) is 14.8. The Morgan fingerprint density at radius 2 is 2.07 bits per heavy atom. The highest BCUT2D eigenvalue weighted by Gasteiger charge is 2.30. The summed E-state index contributed by atoms with van der Waals surface area (Å²) in [6, 6.07) is 6.80. The van der Waals surface area contributed by atoms with Crippen molar-refractivity contribution in [3.63, 3.8) is 0 Å². The van der Waals surface area contributed by atoms with Crippen LogP contribution in [0.1, 0.15) is 24.7 Å². The Morgan fingerprint density at radius 1 is 1.22 bits per heavy atom. The van der Waals surface area contributed by atoms with Crippen LogP contribution in [-0.4, -0.2) is 43.5 Å². The Kier molecular flexibility index (Phi) is 4.98. The van der Waals surface area contributed by atoms with Crippen LogP contribution in [0.4, 0.5) is 8.78 Å². The lowest BCUT2D eigenvalue weighted by Crippen LogP contribution is -2.34. The second-order valence-corrected chi connectivity index (χ2v) is 6.79. The summed E-state index contributed by atoms with van der Waals surface area (Å²) >= 11 is 0. The molecule has 8 heteroatoms. The van der Waals surface area contributed by atoms with E-state index in [0.29, 0.717) is 16.7 Å². The van der Waals surface area contributed by atoms with Gasteiger partial charge in [-0.2, -0.15) is 0 Å². The minimum Gasteiger partial charge on any atom is -0.336 e. The average Bonchev–Trinajstić information content (AvgIpc) is 3.33. The average molecular weight is 373 g/mol. The molecule has 1 saturated heterocycles. The summed E-state index contributed by atoms with van der Waals surface area (Å²) in [5.74, 6) is 0.446. The number of fused-ring (bicyclic) bond motifs is 1. The van der Waals surface area contributed by atoms with Crippen molar-refractivity contribution in [2.75, 3.05) is 13.1 Å². The molecule has 1 aliphatic heterocycles. The van der Waals surface area contributed by atoms with Crippen LogP contribution in [0.15, 0.2) is 47.8 Å². The molecule has 0 aliphatic carbocycles. The van der Waals surface area contributed by atoms with Crippen molar-refractivity contribution in [3.05, 3.63) is 59.2 Å². The van der Waals surface area contributed by atoms with Crippen LogP contribution >= 0.6 is 0 Å². The Hall–Kier alpha value is -2.61. The first-order chi connectivity index (χ1) is 13.1. The number of hydrogen-bond donors (Lipinski definition) is 0. The summed E-state index contributed by atoms with van der Waals surface area (Å²) in [6.45, 7) is 1.73. The monoisotopic (exact) mass is 373 g/mol. The van der Waals surface area contributed by atoms with E-state index in [2.05, 4.69) is 14.9 Å². The quantitative estimate of drug-likeness (QED) is 0.667. The van der Waals surface area contributed by atoms with Gasteiger partial charge < -0.3 is 4.57 Å². The number of alkyl halides is 2. The lowest BCUT2D eigenvalue weighted by molar-refractivity contribution is 0.120. The Balaban J connectivity index is 1.71. The van der Waals surface area contributed by atoms with E-state index in [4.69, 9.17) is 0 Å². The van der Waals surface area contributed by atoms with E-state index in [0.717, 1.165) is 32.5 Å². The van der Waals surface area contributed by atoms with Gasteiger partial charge in [-0.25, -0.2) is 18.7 Å². The van der Waals surface area contributed by atoms with Gasteiger partial charge in [0.25, 0.3) is 12.0 Å². The van der Waals surface area contributed by atoms with E-state index in [1.54, 1.807) is 30.7 Å². The van der Waals surface area contributed by atoms with Crippen LogP contribution in [0.5, 0.6) is 0 Å². The normalized spacial score (nSPS) is 18.0. The van der Waals surface area contributed by atoms with Gasteiger partial charge in [0.05, 0.1) is 29.8 Å². The largest absolute Gasteiger partial charge is 0.336 e. The summed E-state index contributed by atoms with van der Waals surface area (Å²) in [7, 11) is 0. The Bertz CT molecular complexity index is 970. The third-order valence-electron chi connectivity index (χ3n) is 5.08. The van der Waals surface area contributed by atoms with Crippen LogP contribution in [-0.2, 0) is 13.1 Å². The molecule has 1 fully saturated rings. The number of aromatic nitrogens is 4. The number of hydrogen-bond acceptors (Lipinski definition) is 4. The SMILES string of the molecule is O=c1c2ccccc2nc(C2CCCN2CCn2ccnc2)n1CC(F)F. The van der Waals surface area contributed by atoms with Crippen LogP contribution in [0.2, 0.25) is 0 Å². The molecule has 142 valence electrons. The minimum absolute atomic E-state index is 0.135. The predicted molar refractivity (Wildman–Crippen MR) is 97.8 cm³/mol. The molecule has 4 rings (SSSR count). The van der Waals surface area contributed by atoms with Crippen LogP contribution < -0.4 is 5.56 Å². The second kappa shape index (κ2) is 7.56.